The molecule has 0 unspecified atom stereocenters. The standard InChI is InChI=1S/C14H22O3/c1-9(2)11(5)7-13(15)17-14(16)8-12(6)10(3)4/h7-8H2,1-6H3. The third-order valence-corrected chi connectivity index (χ3v) is 2.75. The number of esters is 2. The van der Waals surface area contributed by atoms with E-state index in [2.05, 4.69) is 0 Å². The molecule has 0 aromatic heterocycles. The average molecular weight is 238 g/mol. The second kappa shape index (κ2) is 7.05. The Morgan fingerprint density at radius 2 is 1.00 bits per heavy atom. The van der Waals surface area contributed by atoms with Crippen LogP contribution in [0.4, 0.5) is 0 Å². The van der Waals surface area contributed by atoms with Gasteiger partial charge in [-0.05, 0) is 41.5 Å². The van der Waals surface area contributed by atoms with Crippen molar-refractivity contribution >= 4 is 11.9 Å². The van der Waals surface area contributed by atoms with Gasteiger partial charge in [-0.2, -0.15) is 0 Å². The van der Waals surface area contributed by atoms with Crippen molar-refractivity contribution in [2.45, 2.75) is 54.4 Å². The molecule has 17 heavy (non-hydrogen) atoms. The molecule has 0 rings (SSSR count). The van der Waals surface area contributed by atoms with E-state index in [9.17, 15) is 9.59 Å². The summed E-state index contributed by atoms with van der Waals surface area (Å²) in [4.78, 5) is 22.9. The van der Waals surface area contributed by atoms with Crippen LogP contribution in [0.15, 0.2) is 22.3 Å². The number of hydrogen-bond acceptors (Lipinski definition) is 3. The summed E-state index contributed by atoms with van der Waals surface area (Å²) in [6.07, 6.45) is 0.365. The molecule has 0 fully saturated rings. The van der Waals surface area contributed by atoms with E-state index in [0.717, 1.165) is 22.3 Å². The first-order chi connectivity index (χ1) is 7.73. The van der Waals surface area contributed by atoms with Gasteiger partial charge in [-0.15, -0.1) is 0 Å². The van der Waals surface area contributed by atoms with Crippen LogP contribution in [0.3, 0.4) is 0 Å². The lowest BCUT2D eigenvalue weighted by atomic mass is 10.1. The lowest BCUT2D eigenvalue weighted by Crippen LogP contribution is -2.13. The van der Waals surface area contributed by atoms with E-state index >= 15 is 0 Å². The van der Waals surface area contributed by atoms with Gasteiger partial charge in [-0.25, -0.2) is 0 Å². The number of carbonyl (C=O) groups excluding carboxylic acids is 2. The van der Waals surface area contributed by atoms with Crippen molar-refractivity contribution < 1.29 is 14.3 Å². The van der Waals surface area contributed by atoms with E-state index in [1.807, 2.05) is 41.5 Å². The van der Waals surface area contributed by atoms with Crippen LogP contribution in [0.25, 0.3) is 0 Å². The Morgan fingerprint density at radius 3 is 1.24 bits per heavy atom. The number of rotatable bonds is 4. The summed E-state index contributed by atoms with van der Waals surface area (Å²) in [6.45, 7) is 11.4. The maximum absolute atomic E-state index is 11.4. The summed E-state index contributed by atoms with van der Waals surface area (Å²) in [7, 11) is 0. The molecule has 3 nitrogen and oxygen atoms in total. The minimum absolute atomic E-state index is 0.182. The SMILES string of the molecule is CC(C)=C(C)CC(=O)OC(=O)CC(C)=C(C)C. The lowest BCUT2D eigenvalue weighted by Gasteiger charge is -2.06. The van der Waals surface area contributed by atoms with Crippen LogP contribution in [0, 0.1) is 0 Å². The highest BCUT2D eigenvalue weighted by molar-refractivity contribution is 5.87. The van der Waals surface area contributed by atoms with Crippen LogP contribution in [-0.2, 0) is 14.3 Å². The van der Waals surface area contributed by atoms with Crippen molar-refractivity contribution in [2.75, 3.05) is 0 Å². The molecule has 0 atom stereocenters. The van der Waals surface area contributed by atoms with Gasteiger partial charge in [-0.1, -0.05) is 22.3 Å². The monoisotopic (exact) mass is 238 g/mol. The summed E-state index contributed by atoms with van der Waals surface area (Å²) in [6, 6.07) is 0. The first kappa shape index (κ1) is 15.6. The summed E-state index contributed by atoms with van der Waals surface area (Å²) in [5.74, 6) is -0.953. The minimum Gasteiger partial charge on any atom is -0.393 e. The van der Waals surface area contributed by atoms with Crippen molar-refractivity contribution in [1.82, 2.24) is 0 Å². The average Bonchev–Trinajstić information content (AvgIpc) is 2.16. The van der Waals surface area contributed by atoms with E-state index in [4.69, 9.17) is 4.74 Å². The van der Waals surface area contributed by atoms with Crippen molar-refractivity contribution in [2.24, 2.45) is 0 Å². The molecule has 0 saturated heterocycles. The highest BCUT2D eigenvalue weighted by Crippen LogP contribution is 2.11. The van der Waals surface area contributed by atoms with Gasteiger partial charge in [0, 0.05) is 0 Å². The quantitative estimate of drug-likeness (QED) is 0.427. The third-order valence-electron chi connectivity index (χ3n) is 2.75. The van der Waals surface area contributed by atoms with Crippen LogP contribution in [-0.4, -0.2) is 11.9 Å². The molecule has 0 saturated carbocycles. The van der Waals surface area contributed by atoms with Crippen molar-refractivity contribution in [3.8, 4) is 0 Å². The third kappa shape index (κ3) is 6.72. The second-order valence-corrected chi connectivity index (χ2v) is 4.76. The predicted octanol–water partition coefficient (Wildman–Crippen LogP) is 3.55. The van der Waals surface area contributed by atoms with Crippen LogP contribution >= 0.6 is 0 Å². The largest absolute Gasteiger partial charge is 0.393 e. The van der Waals surface area contributed by atoms with Gasteiger partial charge in [0.25, 0.3) is 0 Å². The first-order valence-corrected chi connectivity index (χ1v) is 5.73. The molecule has 0 aliphatic carbocycles. The molecule has 3 heteroatoms. The second-order valence-electron chi connectivity index (χ2n) is 4.76. The number of ether oxygens (including phenoxy) is 1. The van der Waals surface area contributed by atoms with Gasteiger partial charge in [0.2, 0.25) is 0 Å². The van der Waals surface area contributed by atoms with Crippen LogP contribution < -0.4 is 0 Å². The molecule has 0 N–H and O–H groups in total. The van der Waals surface area contributed by atoms with Gasteiger partial charge in [0.1, 0.15) is 0 Å². The highest BCUT2D eigenvalue weighted by atomic mass is 16.6. The summed E-state index contributed by atoms with van der Waals surface area (Å²) < 4.78 is 4.75. The zero-order valence-corrected chi connectivity index (χ0v) is 11.6. The summed E-state index contributed by atoms with van der Waals surface area (Å²) in [5, 5.41) is 0. The summed E-state index contributed by atoms with van der Waals surface area (Å²) >= 11 is 0. The Balaban J connectivity index is 4.29. The Hall–Kier alpha value is -1.38. The van der Waals surface area contributed by atoms with E-state index in [1.165, 1.54) is 0 Å². The van der Waals surface area contributed by atoms with E-state index in [1.54, 1.807) is 0 Å². The zero-order valence-electron chi connectivity index (χ0n) is 11.6. The Bertz CT molecular complexity index is 329. The lowest BCUT2D eigenvalue weighted by molar-refractivity contribution is -0.158. The van der Waals surface area contributed by atoms with Gasteiger partial charge >= 0.3 is 11.9 Å². The van der Waals surface area contributed by atoms with E-state index in [0.29, 0.717) is 0 Å². The minimum atomic E-state index is -0.477. The molecular weight excluding hydrogens is 216 g/mol. The van der Waals surface area contributed by atoms with E-state index < -0.39 is 11.9 Å². The van der Waals surface area contributed by atoms with Crippen molar-refractivity contribution in [3.63, 3.8) is 0 Å². The molecule has 0 amide bonds. The Morgan fingerprint density at radius 1 is 0.706 bits per heavy atom. The van der Waals surface area contributed by atoms with Gasteiger partial charge in [0.05, 0.1) is 12.8 Å². The van der Waals surface area contributed by atoms with Gasteiger partial charge in [0.15, 0.2) is 0 Å². The fraction of sp³-hybridized carbons (Fsp3) is 0.571. The van der Waals surface area contributed by atoms with E-state index in [-0.39, 0.29) is 12.8 Å². The fourth-order valence-corrected chi connectivity index (χ4v) is 0.986. The molecule has 0 aliphatic rings. The molecule has 0 spiro atoms. The first-order valence-electron chi connectivity index (χ1n) is 5.73. The number of hydrogen-bond donors (Lipinski definition) is 0. The van der Waals surface area contributed by atoms with Crippen LogP contribution in [0.1, 0.15) is 54.4 Å². The normalized spacial score (nSPS) is 9.53. The number of allylic oxidation sites excluding steroid dienone is 2. The smallest absolute Gasteiger partial charge is 0.317 e. The molecule has 0 aromatic carbocycles. The fourth-order valence-electron chi connectivity index (χ4n) is 0.986. The van der Waals surface area contributed by atoms with Gasteiger partial charge in [-0.3, -0.25) is 9.59 Å². The highest BCUT2D eigenvalue weighted by Gasteiger charge is 2.12. The van der Waals surface area contributed by atoms with Crippen LogP contribution in [0.2, 0.25) is 0 Å². The van der Waals surface area contributed by atoms with Crippen molar-refractivity contribution in [1.29, 1.82) is 0 Å². The summed E-state index contributed by atoms with van der Waals surface area (Å²) in [5.41, 5.74) is 4.05. The Labute approximate surface area is 104 Å². The predicted molar refractivity (Wildman–Crippen MR) is 68.4 cm³/mol. The number of carbonyl (C=O) groups is 2. The van der Waals surface area contributed by atoms with Gasteiger partial charge < -0.3 is 4.74 Å². The molecule has 96 valence electrons. The molecule has 0 aliphatic heterocycles. The maximum Gasteiger partial charge on any atom is 0.317 e. The molecule has 0 heterocycles. The maximum atomic E-state index is 11.4. The molecule has 0 bridgehead atoms. The molecular formula is C14H22O3. The molecule has 0 radical (unpaired) electrons. The zero-order chi connectivity index (χ0) is 13.6. The van der Waals surface area contributed by atoms with Crippen LogP contribution in [0.5, 0.6) is 0 Å². The Kier molecular flexibility index (Phi) is 6.47. The topological polar surface area (TPSA) is 43.4 Å². The molecule has 0 aromatic rings. The van der Waals surface area contributed by atoms with Crippen molar-refractivity contribution in [3.05, 3.63) is 22.3 Å².